The van der Waals surface area contributed by atoms with Crippen molar-refractivity contribution in [3.8, 4) is 0 Å². The van der Waals surface area contributed by atoms with Crippen LogP contribution >= 0.6 is 0 Å². The molecule has 2 aromatic carbocycles. The van der Waals surface area contributed by atoms with E-state index in [1.165, 1.54) is 20.6 Å². The number of hydrogen-bond donors (Lipinski definition) is 0. The molecule has 3 aliphatic rings. The van der Waals surface area contributed by atoms with Crippen LogP contribution in [-0.4, -0.2) is 0 Å². The van der Waals surface area contributed by atoms with Crippen LogP contribution in [0, 0.1) is 0 Å². The van der Waals surface area contributed by atoms with Crippen molar-refractivity contribution < 1.29 is 16.6 Å². The summed E-state index contributed by atoms with van der Waals surface area (Å²) in [6, 6.07) is 18.3. The molecule has 1 heteroatoms. The molecule has 0 saturated carbocycles. The molecule has 114 valence electrons. The molecule has 0 aromatic heterocycles. The van der Waals surface area contributed by atoms with Crippen molar-refractivity contribution >= 4 is 12.2 Å². The topological polar surface area (TPSA) is 0 Å². The van der Waals surface area contributed by atoms with Gasteiger partial charge in [0.25, 0.3) is 0 Å². The van der Waals surface area contributed by atoms with E-state index in [1.54, 1.807) is 22.3 Å². The van der Waals surface area contributed by atoms with E-state index in [0.717, 1.165) is 8.45 Å². The maximum atomic E-state index is 2.46. The molecule has 2 unspecified atom stereocenters. The molecule has 0 spiro atoms. The zero-order valence-electron chi connectivity index (χ0n) is 13.8. The molecule has 0 amide bonds. The van der Waals surface area contributed by atoms with Crippen LogP contribution < -0.4 is 0 Å². The Kier molecular flexibility index (Phi) is 2.94. The number of benzene rings is 2. The first kappa shape index (κ1) is 14.0. The second-order valence-corrected chi connectivity index (χ2v) is 14.8. The average Bonchev–Trinajstić information content (AvgIpc) is 3.13. The molecule has 2 aliphatic carbocycles. The van der Waals surface area contributed by atoms with E-state index in [-0.39, 0.29) is 0 Å². The van der Waals surface area contributed by atoms with Crippen LogP contribution in [0.4, 0.5) is 0 Å². The molecule has 2 atom stereocenters. The molecule has 0 nitrogen and oxygen atoms in total. The minimum absolute atomic E-state index is 0.783. The van der Waals surface area contributed by atoms with E-state index >= 15 is 0 Å². The van der Waals surface area contributed by atoms with Crippen molar-refractivity contribution in [1.82, 2.24) is 0 Å². The Balaban J connectivity index is 1.65. The third kappa shape index (κ3) is 1.89. The van der Waals surface area contributed by atoms with Gasteiger partial charge in [0, 0.05) is 0 Å². The first-order chi connectivity index (χ1) is 11.2. The first-order valence-corrected chi connectivity index (χ1v) is 12.8. The van der Waals surface area contributed by atoms with E-state index in [4.69, 9.17) is 0 Å². The summed E-state index contributed by atoms with van der Waals surface area (Å²) in [7, 11) is 0. The summed E-state index contributed by atoms with van der Waals surface area (Å²) in [5, 5.41) is 0. The minimum atomic E-state index is -1.97. The molecule has 1 fully saturated rings. The van der Waals surface area contributed by atoms with Crippen LogP contribution in [0.1, 0.15) is 44.5 Å². The standard InChI is InChI=1S/2C10H9.C2H4.Ti/c2*1-8-6-9-4-2-3-5-10(9)7-8;1-2;/h2*2-7H,1H3;1-2H2;. The summed E-state index contributed by atoms with van der Waals surface area (Å²) < 4.78 is 4.64. The Labute approximate surface area is 142 Å². The van der Waals surface area contributed by atoms with Crippen molar-refractivity contribution in [2.75, 3.05) is 0 Å². The van der Waals surface area contributed by atoms with Gasteiger partial charge in [0.1, 0.15) is 0 Å². The SMILES string of the molecule is CC1=Cc2ccccc2[CH]1[Ti]1([CH]2C(C)=Cc3ccccc32)[CH2][CH2]1. The zero-order valence-corrected chi connectivity index (χ0v) is 15.4. The molecule has 5 rings (SSSR count). The van der Waals surface area contributed by atoms with Gasteiger partial charge in [-0.15, -0.1) is 0 Å². The number of allylic oxidation sites excluding steroid dienone is 2. The van der Waals surface area contributed by atoms with E-state index in [1.807, 2.05) is 0 Å². The van der Waals surface area contributed by atoms with Gasteiger partial charge in [0.05, 0.1) is 0 Å². The van der Waals surface area contributed by atoms with E-state index in [2.05, 4.69) is 74.5 Å². The van der Waals surface area contributed by atoms with Gasteiger partial charge < -0.3 is 0 Å². The van der Waals surface area contributed by atoms with Gasteiger partial charge in [-0.1, -0.05) is 0 Å². The van der Waals surface area contributed by atoms with Crippen LogP contribution in [0.25, 0.3) is 12.2 Å². The fourth-order valence-corrected chi connectivity index (χ4v) is 15.9. The first-order valence-electron chi connectivity index (χ1n) is 8.75. The molecular weight excluding hydrogens is 312 g/mol. The number of hydrogen-bond acceptors (Lipinski definition) is 0. The second-order valence-electron chi connectivity index (χ2n) is 7.63. The Morgan fingerprint density at radius 3 is 1.57 bits per heavy atom. The van der Waals surface area contributed by atoms with Crippen LogP contribution in [0.5, 0.6) is 0 Å². The average molecular weight is 334 g/mol. The van der Waals surface area contributed by atoms with Crippen LogP contribution in [-0.2, 0) is 16.6 Å². The van der Waals surface area contributed by atoms with Gasteiger partial charge in [0.15, 0.2) is 0 Å². The molecule has 0 radical (unpaired) electrons. The summed E-state index contributed by atoms with van der Waals surface area (Å²) in [6.45, 7) is 4.77. The van der Waals surface area contributed by atoms with E-state index in [0.29, 0.717) is 0 Å². The predicted molar refractivity (Wildman–Crippen MR) is 95.3 cm³/mol. The van der Waals surface area contributed by atoms with Crippen molar-refractivity contribution in [3.63, 3.8) is 0 Å². The van der Waals surface area contributed by atoms with Gasteiger partial charge >= 0.3 is 142 Å². The van der Waals surface area contributed by atoms with Crippen LogP contribution in [0.3, 0.4) is 0 Å². The third-order valence-electron chi connectivity index (χ3n) is 6.27. The summed E-state index contributed by atoms with van der Waals surface area (Å²) >= 11 is -1.97. The van der Waals surface area contributed by atoms with Gasteiger partial charge in [-0.2, -0.15) is 0 Å². The zero-order chi connectivity index (χ0) is 15.6. The van der Waals surface area contributed by atoms with Gasteiger partial charge in [-0.3, -0.25) is 0 Å². The second kappa shape index (κ2) is 4.82. The van der Waals surface area contributed by atoms with Gasteiger partial charge in [0.2, 0.25) is 0 Å². The normalized spacial score (nSPS) is 26.3. The summed E-state index contributed by atoms with van der Waals surface area (Å²) in [6.07, 6.45) is 4.93. The summed E-state index contributed by atoms with van der Waals surface area (Å²) in [5.74, 6) is 0. The molecule has 0 bridgehead atoms. The van der Waals surface area contributed by atoms with Crippen LogP contribution in [0.15, 0.2) is 59.7 Å². The van der Waals surface area contributed by atoms with Gasteiger partial charge in [-0.05, 0) is 0 Å². The molecule has 1 saturated heterocycles. The molecule has 1 heterocycles. The fourth-order valence-electron chi connectivity index (χ4n) is 5.37. The van der Waals surface area contributed by atoms with Crippen molar-refractivity contribution in [2.45, 2.75) is 31.7 Å². The Morgan fingerprint density at radius 2 is 1.13 bits per heavy atom. The molecule has 1 aliphatic heterocycles. The molecule has 2 aromatic rings. The Morgan fingerprint density at radius 1 is 0.696 bits per heavy atom. The monoisotopic (exact) mass is 334 g/mol. The van der Waals surface area contributed by atoms with E-state index in [9.17, 15) is 0 Å². The Hall–Kier alpha value is -1.37. The molecule has 23 heavy (non-hydrogen) atoms. The van der Waals surface area contributed by atoms with Crippen molar-refractivity contribution in [1.29, 1.82) is 0 Å². The molecular formula is C22H22Ti. The third-order valence-corrected chi connectivity index (χ3v) is 14.8. The predicted octanol–water partition coefficient (Wildman–Crippen LogP) is 6.31. The Bertz CT molecular complexity index is 798. The van der Waals surface area contributed by atoms with Crippen molar-refractivity contribution in [3.05, 3.63) is 81.9 Å². The molecule has 0 N–H and O–H groups in total. The fraction of sp³-hybridized carbons (Fsp3) is 0.273. The summed E-state index contributed by atoms with van der Waals surface area (Å²) in [5.41, 5.74) is 9.53. The van der Waals surface area contributed by atoms with E-state index < -0.39 is 16.6 Å². The number of fused-ring (bicyclic) bond motifs is 2. The summed E-state index contributed by atoms with van der Waals surface area (Å²) in [4.78, 5) is 0. The quantitative estimate of drug-likeness (QED) is 0.565. The maximum absolute atomic E-state index is 2.46. The number of rotatable bonds is 2. The van der Waals surface area contributed by atoms with Gasteiger partial charge in [-0.25, -0.2) is 0 Å². The van der Waals surface area contributed by atoms with Crippen LogP contribution in [0.2, 0.25) is 9.45 Å². The van der Waals surface area contributed by atoms with Crippen molar-refractivity contribution in [2.24, 2.45) is 0 Å².